The number of carbonyl (C=O) groups is 2. The Morgan fingerprint density at radius 2 is 2.06 bits per heavy atom. The van der Waals surface area contributed by atoms with Crippen molar-refractivity contribution in [1.29, 1.82) is 0 Å². The molecule has 2 aromatic heterocycles. The van der Waals surface area contributed by atoms with Gasteiger partial charge in [-0.1, -0.05) is 20.8 Å². The molecule has 4 heterocycles. The summed E-state index contributed by atoms with van der Waals surface area (Å²) < 4.78 is 7.41. The first-order valence-corrected chi connectivity index (χ1v) is 10.8. The molecule has 164 valence electrons. The van der Waals surface area contributed by atoms with Crippen LogP contribution in [0.25, 0.3) is 0 Å². The molecule has 0 radical (unpaired) electrons. The average molecular weight is 424 g/mol. The van der Waals surface area contributed by atoms with Gasteiger partial charge in [0.05, 0.1) is 12.1 Å². The summed E-state index contributed by atoms with van der Waals surface area (Å²) in [7, 11) is 1.67. The molecule has 0 saturated carbocycles. The molecule has 0 aromatic carbocycles. The Balaban J connectivity index is 1.64. The molecular weight excluding hydrogens is 394 g/mol. The van der Waals surface area contributed by atoms with Crippen molar-refractivity contribution in [2.24, 2.45) is 16.8 Å². The highest BCUT2D eigenvalue weighted by Crippen LogP contribution is 2.35. The van der Waals surface area contributed by atoms with E-state index in [0.29, 0.717) is 41.7 Å². The fourth-order valence-electron chi connectivity index (χ4n) is 4.05. The third-order valence-corrected chi connectivity index (χ3v) is 5.81. The largest absolute Gasteiger partial charge is 0.488 e. The van der Waals surface area contributed by atoms with Crippen molar-refractivity contribution in [3.63, 3.8) is 0 Å². The van der Waals surface area contributed by atoms with Crippen LogP contribution in [-0.4, -0.2) is 59.6 Å². The Morgan fingerprint density at radius 1 is 1.26 bits per heavy atom. The van der Waals surface area contributed by atoms with Crippen LogP contribution in [0.3, 0.4) is 0 Å². The Labute approximate surface area is 182 Å². The molecule has 1 fully saturated rings. The lowest BCUT2D eigenvalue weighted by molar-refractivity contribution is 0.0786. The molecule has 8 nitrogen and oxygen atoms in total. The van der Waals surface area contributed by atoms with Crippen LogP contribution in [0.2, 0.25) is 0 Å². The lowest BCUT2D eigenvalue weighted by Crippen LogP contribution is -2.34. The van der Waals surface area contributed by atoms with Gasteiger partial charge < -0.3 is 14.5 Å². The van der Waals surface area contributed by atoms with Crippen molar-refractivity contribution >= 4 is 23.3 Å². The Hall–Kier alpha value is -3.16. The van der Waals surface area contributed by atoms with Crippen molar-refractivity contribution in [2.75, 3.05) is 38.2 Å². The molecule has 1 saturated heterocycles. The van der Waals surface area contributed by atoms with E-state index in [0.717, 1.165) is 25.2 Å². The Kier molecular flexibility index (Phi) is 5.80. The first-order valence-electron chi connectivity index (χ1n) is 10.8. The van der Waals surface area contributed by atoms with Crippen molar-refractivity contribution in [3.8, 4) is 5.75 Å². The van der Waals surface area contributed by atoms with Crippen molar-refractivity contribution in [2.45, 2.75) is 27.2 Å². The maximum atomic E-state index is 12.8. The number of anilines is 2. The van der Waals surface area contributed by atoms with Gasteiger partial charge in [-0.05, 0) is 24.5 Å². The van der Waals surface area contributed by atoms with Gasteiger partial charge in [0, 0.05) is 50.2 Å². The zero-order valence-corrected chi connectivity index (χ0v) is 18.5. The molecule has 0 aliphatic carbocycles. The molecule has 2 aliphatic rings. The summed E-state index contributed by atoms with van der Waals surface area (Å²) in [4.78, 5) is 38.1. The SMILES string of the molecule is C/N=c1/cc(N2CCOc3cc(C(=O)N4CC[C@@H](C)C4)cnc32)ccn1C(=O)C(C)C. The standard InChI is InChI=1S/C23H29N5O3/c1-15(2)22(29)28-8-6-18(12-20(28)24-4)27-9-10-31-19-11-17(13-25-21(19)27)23(30)26-7-5-16(3)14-26/h6,8,11-13,15-16H,5,7,9-10,14H2,1-4H3/b24-20-/t16-/m1/s1. The van der Waals surface area contributed by atoms with Gasteiger partial charge in [0.15, 0.2) is 11.6 Å². The number of ether oxygens (including phenoxy) is 1. The third-order valence-electron chi connectivity index (χ3n) is 5.81. The first-order chi connectivity index (χ1) is 14.9. The molecule has 0 unspecified atom stereocenters. The van der Waals surface area contributed by atoms with Crippen LogP contribution >= 0.6 is 0 Å². The van der Waals surface area contributed by atoms with Crippen LogP contribution in [0, 0.1) is 11.8 Å². The lowest BCUT2D eigenvalue weighted by Gasteiger charge is -2.30. The monoisotopic (exact) mass is 423 g/mol. The molecule has 0 N–H and O–H groups in total. The number of pyridine rings is 2. The van der Waals surface area contributed by atoms with Crippen LogP contribution in [0.5, 0.6) is 5.75 Å². The number of fused-ring (bicyclic) bond motifs is 1. The molecule has 2 aliphatic heterocycles. The van der Waals surface area contributed by atoms with E-state index < -0.39 is 0 Å². The van der Waals surface area contributed by atoms with Gasteiger partial charge in [0.2, 0.25) is 5.91 Å². The third kappa shape index (κ3) is 4.06. The van der Waals surface area contributed by atoms with Gasteiger partial charge in [-0.3, -0.25) is 19.1 Å². The predicted molar refractivity (Wildman–Crippen MR) is 118 cm³/mol. The molecule has 0 bridgehead atoms. The van der Waals surface area contributed by atoms with E-state index in [-0.39, 0.29) is 17.7 Å². The van der Waals surface area contributed by atoms with Crippen LogP contribution in [0.4, 0.5) is 11.5 Å². The maximum absolute atomic E-state index is 12.8. The van der Waals surface area contributed by atoms with E-state index in [9.17, 15) is 9.59 Å². The number of likely N-dealkylation sites (tertiary alicyclic amines) is 1. The van der Waals surface area contributed by atoms with Gasteiger partial charge in [0.25, 0.3) is 5.91 Å². The second-order valence-corrected chi connectivity index (χ2v) is 8.52. The molecule has 2 aromatic rings. The number of nitrogens with zero attached hydrogens (tertiary/aromatic N) is 5. The fourth-order valence-corrected chi connectivity index (χ4v) is 4.05. The van der Waals surface area contributed by atoms with Gasteiger partial charge >= 0.3 is 0 Å². The topological polar surface area (TPSA) is 80.0 Å². The summed E-state index contributed by atoms with van der Waals surface area (Å²) in [6.45, 7) is 8.55. The van der Waals surface area contributed by atoms with Gasteiger partial charge in [-0.25, -0.2) is 4.98 Å². The average Bonchev–Trinajstić information content (AvgIpc) is 3.23. The minimum Gasteiger partial charge on any atom is -0.488 e. The lowest BCUT2D eigenvalue weighted by atomic mass is 10.2. The van der Waals surface area contributed by atoms with E-state index in [2.05, 4.69) is 16.9 Å². The summed E-state index contributed by atoms with van der Waals surface area (Å²) in [5.74, 6) is 1.65. The Bertz CT molecular complexity index is 1080. The van der Waals surface area contributed by atoms with Crippen molar-refractivity contribution < 1.29 is 14.3 Å². The number of carbonyl (C=O) groups excluding carboxylic acids is 2. The van der Waals surface area contributed by atoms with Gasteiger partial charge in [-0.15, -0.1) is 0 Å². The summed E-state index contributed by atoms with van der Waals surface area (Å²) in [6.07, 6.45) is 4.41. The minimum atomic E-state index is -0.128. The molecule has 8 heteroatoms. The maximum Gasteiger partial charge on any atom is 0.255 e. The van der Waals surface area contributed by atoms with E-state index in [4.69, 9.17) is 4.74 Å². The van der Waals surface area contributed by atoms with Crippen LogP contribution in [0.15, 0.2) is 35.6 Å². The van der Waals surface area contributed by atoms with Crippen molar-refractivity contribution in [3.05, 3.63) is 41.6 Å². The predicted octanol–water partition coefficient (Wildman–Crippen LogP) is 2.72. The van der Waals surface area contributed by atoms with Gasteiger partial charge in [0.1, 0.15) is 12.1 Å². The van der Waals surface area contributed by atoms with Crippen LogP contribution < -0.4 is 15.1 Å². The molecular formula is C23H29N5O3. The summed E-state index contributed by atoms with van der Waals surface area (Å²) in [6, 6.07) is 5.55. The zero-order valence-electron chi connectivity index (χ0n) is 18.5. The number of rotatable bonds is 3. The quantitative estimate of drug-likeness (QED) is 0.758. The number of hydrogen-bond acceptors (Lipinski definition) is 6. The Morgan fingerprint density at radius 3 is 2.74 bits per heavy atom. The highest BCUT2D eigenvalue weighted by Gasteiger charge is 2.27. The van der Waals surface area contributed by atoms with Gasteiger partial charge in [-0.2, -0.15) is 0 Å². The van der Waals surface area contributed by atoms with Crippen LogP contribution in [0.1, 0.15) is 42.3 Å². The fraction of sp³-hybridized carbons (Fsp3) is 0.478. The molecule has 1 amide bonds. The van der Waals surface area contributed by atoms with Crippen molar-refractivity contribution in [1.82, 2.24) is 14.5 Å². The van der Waals surface area contributed by atoms with E-state index >= 15 is 0 Å². The number of hydrogen-bond donors (Lipinski definition) is 0. The van der Waals surface area contributed by atoms with E-state index in [1.807, 2.05) is 35.8 Å². The highest BCUT2D eigenvalue weighted by atomic mass is 16.5. The molecule has 31 heavy (non-hydrogen) atoms. The van der Waals surface area contributed by atoms with E-state index in [1.54, 1.807) is 30.1 Å². The molecule has 1 atom stereocenters. The molecule has 0 spiro atoms. The minimum absolute atomic E-state index is 0.000364. The second kappa shape index (κ2) is 8.53. The normalized spacial score (nSPS) is 18.9. The molecule has 4 rings (SSSR count). The second-order valence-electron chi connectivity index (χ2n) is 8.52. The number of amides is 1. The summed E-state index contributed by atoms with van der Waals surface area (Å²) in [5.41, 5.74) is 2.00. The van der Waals surface area contributed by atoms with E-state index in [1.165, 1.54) is 0 Å². The smallest absolute Gasteiger partial charge is 0.255 e. The zero-order chi connectivity index (χ0) is 22.1. The summed E-state index contributed by atoms with van der Waals surface area (Å²) in [5, 5.41) is 0. The van der Waals surface area contributed by atoms with Crippen LogP contribution in [-0.2, 0) is 0 Å². The summed E-state index contributed by atoms with van der Waals surface area (Å²) >= 11 is 0. The number of aromatic nitrogens is 2. The first kappa shape index (κ1) is 21.1. The highest BCUT2D eigenvalue weighted by molar-refractivity contribution is 5.95.